The molecule has 0 radical (unpaired) electrons. The molecule has 1 aromatic carbocycles. The average molecular weight is 203 g/mol. The first-order chi connectivity index (χ1) is 7.13. The lowest BCUT2D eigenvalue weighted by atomic mass is 10.1. The number of nitrogens with zero attached hydrogens (tertiary/aromatic N) is 1. The molecule has 1 rings (SSSR count). The predicted octanol–water partition coefficient (Wildman–Crippen LogP) is 2.14. The third-order valence-electron chi connectivity index (χ3n) is 1.77. The maximum atomic E-state index is 10.6. The Morgan fingerprint density at radius 1 is 1.53 bits per heavy atom. The maximum absolute atomic E-state index is 10.6. The Hall–Kier alpha value is -2.19. The molecule has 0 aliphatic carbocycles. The number of aliphatic carboxylic acids is 1. The van der Waals surface area contributed by atoms with Gasteiger partial charge in [0.15, 0.2) is 0 Å². The number of isocyanates is 1. The monoisotopic (exact) mass is 203 g/mol. The van der Waals surface area contributed by atoms with Crippen molar-refractivity contribution in [2.45, 2.75) is 6.92 Å². The summed E-state index contributed by atoms with van der Waals surface area (Å²) in [5, 5.41) is 8.66. The quantitative estimate of drug-likeness (QED) is 0.465. The minimum Gasteiger partial charge on any atom is -0.478 e. The molecule has 0 aliphatic heterocycles. The summed E-state index contributed by atoms with van der Waals surface area (Å²) in [7, 11) is 0. The van der Waals surface area contributed by atoms with Gasteiger partial charge < -0.3 is 5.11 Å². The van der Waals surface area contributed by atoms with Crippen LogP contribution >= 0.6 is 0 Å². The van der Waals surface area contributed by atoms with Crippen molar-refractivity contribution in [3.8, 4) is 0 Å². The third kappa shape index (κ3) is 3.21. The largest absolute Gasteiger partial charge is 0.478 e. The van der Waals surface area contributed by atoms with Gasteiger partial charge in [0.05, 0.1) is 5.69 Å². The molecule has 1 N–H and O–H groups in total. The van der Waals surface area contributed by atoms with E-state index in [-0.39, 0.29) is 5.57 Å². The van der Waals surface area contributed by atoms with Gasteiger partial charge in [-0.15, -0.1) is 0 Å². The summed E-state index contributed by atoms with van der Waals surface area (Å²) < 4.78 is 0. The Morgan fingerprint density at radius 3 is 2.87 bits per heavy atom. The van der Waals surface area contributed by atoms with E-state index in [2.05, 4.69) is 4.99 Å². The molecular formula is C11H9NO3. The predicted molar refractivity (Wildman–Crippen MR) is 55.5 cm³/mol. The zero-order valence-electron chi connectivity index (χ0n) is 8.10. The molecule has 0 saturated heterocycles. The third-order valence-corrected chi connectivity index (χ3v) is 1.77. The number of carboxylic acid groups (broad SMARTS) is 1. The fourth-order valence-corrected chi connectivity index (χ4v) is 1.05. The highest BCUT2D eigenvalue weighted by Gasteiger charge is 1.99. The smallest absolute Gasteiger partial charge is 0.331 e. The van der Waals surface area contributed by atoms with E-state index in [1.807, 2.05) is 0 Å². The van der Waals surface area contributed by atoms with Gasteiger partial charge in [0.25, 0.3) is 0 Å². The Morgan fingerprint density at radius 2 is 2.27 bits per heavy atom. The lowest BCUT2D eigenvalue weighted by molar-refractivity contribution is -0.132. The van der Waals surface area contributed by atoms with Crippen LogP contribution in [0.5, 0.6) is 0 Å². The number of rotatable bonds is 3. The first kappa shape index (κ1) is 10.9. The van der Waals surface area contributed by atoms with Crippen molar-refractivity contribution in [1.82, 2.24) is 0 Å². The van der Waals surface area contributed by atoms with E-state index < -0.39 is 5.97 Å². The van der Waals surface area contributed by atoms with Crippen LogP contribution in [0.2, 0.25) is 0 Å². The molecule has 0 amide bonds. The molecule has 1 aromatic rings. The Balaban J connectivity index is 3.06. The van der Waals surface area contributed by atoms with E-state index in [0.29, 0.717) is 11.3 Å². The minimum atomic E-state index is -0.973. The first-order valence-corrected chi connectivity index (χ1v) is 4.23. The first-order valence-electron chi connectivity index (χ1n) is 4.23. The van der Waals surface area contributed by atoms with Crippen molar-refractivity contribution in [3.63, 3.8) is 0 Å². The highest BCUT2D eigenvalue weighted by atomic mass is 16.4. The standard InChI is InChI=1S/C11H9NO3/c1-8(11(14)15)5-9-3-2-4-10(6-9)12-7-13/h2-6H,1H3,(H,14,15). The fourth-order valence-electron chi connectivity index (χ4n) is 1.05. The Labute approximate surface area is 86.6 Å². The molecule has 4 heteroatoms. The fraction of sp³-hybridized carbons (Fsp3) is 0.0909. The van der Waals surface area contributed by atoms with Gasteiger partial charge in [-0.25, -0.2) is 9.59 Å². The number of carbonyl (C=O) groups is 1. The van der Waals surface area contributed by atoms with Gasteiger partial charge in [0, 0.05) is 5.57 Å². The van der Waals surface area contributed by atoms with Crippen LogP contribution in [0.3, 0.4) is 0 Å². The van der Waals surface area contributed by atoms with Crippen LogP contribution in [0.4, 0.5) is 5.69 Å². The van der Waals surface area contributed by atoms with Gasteiger partial charge in [0.2, 0.25) is 6.08 Å². The molecule has 0 unspecified atom stereocenters. The molecule has 0 heterocycles. The van der Waals surface area contributed by atoms with Crippen LogP contribution in [0.1, 0.15) is 12.5 Å². The number of hydrogen-bond donors (Lipinski definition) is 1. The second-order valence-electron chi connectivity index (χ2n) is 2.93. The average Bonchev–Trinajstić information content (AvgIpc) is 2.18. The molecule has 76 valence electrons. The van der Waals surface area contributed by atoms with Crippen molar-refractivity contribution in [2.24, 2.45) is 4.99 Å². The van der Waals surface area contributed by atoms with Gasteiger partial charge in [-0.3, -0.25) is 0 Å². The van der Waals surface area contributed by atoms with E-state index >= 15 is 0 Å². The topological polar surface area (TPSA) is 66.7 Å². The highest BCUT2D eigenvalue weighted by Crippen LogP contribution is 2.15. The summed E-state index contributed by atoms with van der Waals surface area (Å²) in [6.07, 6.45) is 2.93. The summed E-state index contributed by atoms with van der Waals surface area (Å²) in [4.78, 5) is 24.0. The molecule has 0 spiro atoms. The number of carboxylic acids is 1. The highest BCUT2D eigenvalue weighted by molar-refractivity contribution is 5.91. The van der Waals surface area contributed by atoms with Gasteiger partial charge >= 0.3 is 5.97 Å². The van der Waals surface area contributed by atoms with Crippen molar-refractivity contribution in [3.05, 3.63) is 35.4 Å². The molecule has 0 aromatic heterocycles. The summed E-state index contributed by atoms with van der Waals surface area (Å²) in [5.74, 6) is -0.973. The minimum absolute atomic E-state index is 0.224. The van der Waals surface area contributed by atoms with E-state index in [1.54, 1.807) is 24.3 Å². The van der Waals surface area contributed by atoms with E-state index in [9.17, 15) is 9.59 Å². The van der Waals surface area contributed by atoms with Crippen molar-refractivity contribution >= 4 is 23.8 Å². The Kier molecular flexibility index (Phi) is 3.55. The molecule has 0 fully saturated rings. The molecule has 0 saturated carbocycles. The summed E-state index contributed by atoms with van der Waals surface area (Å²) in [6, 6.07) is 6.67. The number of carbonyl (C=O) groups excluding carboxylic acids is 1. The van der Waals surface area contributed by atoms with Crippen LogP contribution in [0, 0.1) is 0 Å². The molecule has 0 aliphatic rings. The van der Waals surface area contributed by atoms with E-state index in [4.69, 9.17) is 5.11 Å². The second kappa shape index (κ2) is 4.88. The molecule has 15 heavy (non-hydrogen) atoms. The van der Waals surface area contributed by atoms with Crippen LogP contribution in [-0.2, 0) is 9.59 Å². The van der Waals surface area contributed by atoms with Gasteiger partial charge in [-0.2, -0.15) is 4.99 Å². The van der Waals surface area contributed by atoms with Crippen molar-refractivity contribution in [1.29, 1.82) is 0 Å². The molecule has 4 nitrogen and oxygen atoms in total. The summed E-state index contributed by atoms with van der Waals surface area (Å²) in [6.45, 7) is 1.50. The lowest BCUT2D eigenvalue weighted by Gasteiger charge is -1.96. The lowest BCUT2D eigenvalue weighted by Crippen LogP contribution is -1.95. The normalized spacial score (nSPS) is 10.6. The number of hydrogen-bond acceptors (Lipinski definition) is 3. The van der Waals surface area contributed by atoms with Crippen LogP contribution < -0.4 is 0 Å². The number of aliphatic imine (C=N–C) groups is 1. The summed E-state index contributed by atoms with van der Waals surface area (Å²) >= 11 is 0. The van der Waals surface area contributed by atoms with Crippen LogP contribution in [0.15, 0.2) is 34.8 Å². The second-order valence-corrected chi connectivity index (χ2v) is 2.93. The van der Waals surface area contributed by atoms with Crippen LogP contribution in [-0.4, -0.2) is 17.2 Å². The van der Waals surface area contributed by atoms with E-state index in [1.165, 1.54) is 19.1 Å². The number of benzene rings is 1. The summed E-state index contributed by atoms with van der Waals surface area (Å²) in [5.41, 5.74) is 1.37. The van der Waals surface area contributed by atoms with Crippen molar-refractivity contribution in [2.75, 3.05) is 0 Å². The SMILES string of the molecule is CC(=Cc1cccc(N=C=O)c1)C(=O)O. The maximum Gasteiger partial charge on any atom is 0.331 e. The Bertz CT molecular complexity index is 457. The van der Waals surface area contributed by atoms with Gasteiger partial charge in [-0.05, 0) is 30.7 Å². The van der Waals surface area contributed by atoms with Gasteiger partial charge in [-0.1, -0.05) is 12.1 Å². The molecule has 0 bridgehead atoms. The van der Waals surface area contributed by atoms with E-state index in [0.717, 1.165) is 0 Å². The van der Waals surface area contributed by atoms with Crippen LogP contribution in [0.25, 0.3) is 6.08 Å². The van der Waals surface area contributed by atoms with Crippen molar-refractivity contribution < 1.29 is 14.7 Å². The zero-order chi connectivity index (χ0) is 11.3. The van der Waals surface area contributed by atoms with Gasteiger partial charge in [0.1, 0.15) is 0 Å². The zero-order valence-corrected chi connectivity index (χ0v) is 8.10. The molecule has 0 atom stereocenters. The molecular weight excluding hydrogens is 194 g/mol.